The lowest BCUT2D eigenvalue weighted by molar-refractivity contribution is -0.211. The van der Waals surface area contributed by atoms with Crippen LogP contribution in [0.1, 0.15) is 53.1 Å². The van der Waals surface area contributed by atoms with Gasteiger partial charge in [0.1, 0.15) is 0 Å². The van der Waals surface area contributed by atoms with Gasteiger partial charge >= 0.3 is 0 Å². The van der Waals surface area contributed by atoms with Crippen LogP contribution in [0.15, 0.2) is 54.6 Å². The number of carbonyl (C=O) groups excluding carboxylic acids is 1. The van der Waals surface area contributed by atoms with Crippen LogP contribution in [0.5, 0.6) is 0 Å². The van der Waals surface area contributed by atoms with E-state index in [1.54, 1.807) is 5.06 Å². The summed E-state index contributed by atoms with van der Waals surface area (Å²) in [6, 6.07) is 18.9. The van der Waals surface area contributed by atoms with Crippen molar-refractivity contribution in [2.75, 3.05) is 19.6 Å². The molecule has 2 aromatic rings. The normalized spacial score (nSPS) is 25.1. The van der Waals surface area contributed by atoms with Crippen LogP contribution in [-0.4, -0.2) is 52.8 Å². The van der Waals surface area contributed by atoms with E-state index in [1.807, 2.05) is 24.3 Å². The molecule has 1 saturated heterocycles. The number of hydroxylamine groups is 2. The maximum Gasteiger partial charge on any atom is 0.248 e. The van der Waals surface area contributed by atoms with E-state index in [0.29, 0.717) is 29.0 Å². The Morgan fingerprint density at radius 2 is 1.80 bits per heavy atom. The Kier molecular flexibility index (Phi) is 5.13. The van der Waals surface area contributed by atoms with Gasteiger partial charge in [0, 0.05) is 36.7 Å². The lowest BCUT2D eigenvalue weighted by atomic mass is 9.60. The first kappa shape index (κ1) is 19.7. The lowest BCUT2D eigenvalue weighted by Gasteiger charge is -2.60. The largest absolute Gasteiger partial charge is 0.366 e. The molecule has 0 aromatic heterocycles. The van der Waals surface area contributed by atoms with E-state index in [4.69, 9.17) is 5.73 Å². The van der Waals surface area contributed by atoms with Gasteiger partial charge in [0.15, 0.2) is 0 Å². The van der Waals surface area contributed by atoms with Gasteiger partial charge in [-0.2, -0.15) is 5.06 Å². The highest BCUT2D eigenvalue weighted by Gasteiger charge is 2.56. The fraction of sp³-hybridized carbons (Fsp3) is 0.480. The molecule has 1 spiro atoms. The second-order valence-corrected chi connectivity index (χ2v) is 9.64. The molecule has 2 atom stereocenters. The van der Waals surface area contributed by atoms with Crippen molar-refractivity contribution in [2.45, 2.75) is 50.1 Å². The summed E-state index contributed by atoms with van der Waals surface area (Å²) < 4.78 is 0. The highest BCUT2D eigenvalue weighted by molar-refractivity contribution is 5.92. The van der Waals surface area contributed by atoms with Crippen molar-refractivity contribution in [3.8, 4) is 0 Å². The van der Waals surface area contributed by atoms with Gasteiger partial charge < -0.3 is 15.8 Å². The van der Waals surface area contributed by atoms with Crippen LogP contribution < -0.4 is 5.73 Å². The minimum absolute atomic E-state index is 0.312. The monoisotopic (exact) mass is 405 g/mol. The Hall–Kier alpha value is -2.21. The summed E-state index contributed by atoms with van der Waals surface area (Å²) >= 11 is 0. The maximum absolute atomic E-state index is 11.1. The van der Waals surface area contributed by atoms with E-state index in [-0.39, 0.29) is 5.91 Å². The molecular weight excluding hydrogens is 374 g/mol. The zero-order valence-electron chi connectivity index (χ0n) is 17.4. The number of hydrogen-bond acceptors (Lipinski definition) is 4. The summed E-state index contributed by atoms with van der Waals surface area (Å²) in [4.78, 5) is 13.7. The average molecular weight is 406 g/mol. The topological polar surface area (TPSA) is 69.8 Å². The molecule has 5 rings (SSSR count). The van der Waals surface area contributed by atoms with E-state index in [0.717, 1.165) is 38.6 Å². The van der Waals surface area contributed by atoms with Crippen LogP contribution in [0.3, 0.4) is 0 Å². The summed E-state index contributed by atoms with van der Waals surface area (Å²) in [5.74, 6) is 0.132. The Morgan fingerprint density at radius 3 is 2.47 bits per heavy atom. The predicted molar refractivity (Wildman–Crippen MR) is 116 cm³/mol. The van der Waals surface area contributed by atoms with Crippen LogP contribution in [0.25, 0.3) is 0 Å². The van der Waals surface area contributed by atoms with Crippen LogP contribution in [0.4, 0.5) is 0 Å². The lowest BCUT2D eigenvalue weighted by Crippen LogP contribution is -2.66. The molecule has 3 N–H and O–H groups in total. The number of likely N-dealkylation sites (tertiary alicyclic amines) is 1. The van der Waals surface area contributed by atoms with E-state index in [9.17, 15) is 10.0 Å². The first-order valence-electron chi connectivity index (χ1n) is 11.2. The summed E-state index contributed by atoms with van der Waals surface area (Å²) in [6.07, 6.45) is 5.50. The maximum atomic E-state index is 11.1. The van der Waals surface area contributed by atoms with Gasteiger partial charge in [0.2, 0.25) is 5.91 Å². The van der Waals surface area contributed by atoms with Gasteiger partial charge in [-0.25, -0.2) is 0 Å². The van der Waals surface area contributed by atoms with Crippen molar-refractivity contribution in [3.63, 3.8) is 0 Å². The molecule has 2 aliphatic carbocycles. The van der Waals surface area contributed by atoms with Gasteiger partial charge in [-0.15, -0.1) is 0 Å². The third-order valence-electron chi connectivity index (χ3n) is 7.33. The van der Waals surface area contributed by atoms with E-state index < -0.39 is 0 Å². The minimum atomic E-state index is -0.370. The summed E-state index contributed by atoms with van der Waals surface area (Å²) in [6.45, 7) is 3.46. The molecule has 3 aliphatic rings. The molecule has 1 aliphatic heterocycles. The molecule has 0 radical (unpaired) electrons. The minimum Gasteiger partial charge on any atom is -0.366 e. The summed E-state index contributed by atoms with van der Waals surface area (Å²) in [5, 5.41) is 12.4. The zero-order valence-corrected chi connectivity index (χ0v) is 17.4. The smallest absolute Gasteiger partial charge is 0.248 e. The third kappa shape index (κ3) is 3.89. The Morgan fingerprint density at radius 1 is 1.10 bits per heavy atom. The molecule has 0 bridgehead atoms. The van der Waals surface area contributed by atoms with Gasteiger partial charge in [0.25, 0.3) is 0 Å². The van der Waals surface area contributed by atoms with E-state index in [1.165, 1.54) is 24.2 Å². The van der Waals surface area contributed by atoms with E-state index in [2.05, 4.69) is 35.2 Å². The fourth-order valence-electron chi connectivity index (χ4n) is 5.59. The van der Waals surface area contributed by atoms with Gasteiger partial charge in [-0.1, -0.05) is 42.5 Å². The highest BCUT2D eigenvalue weighted by atomic mass is 16.5. The van der Waals surface area contributed by atoms with Crippen molar-refractivity contribution in [1.82, 2.24) is 9.96 Å². The second-order valence-electron chi connectivity index (χ2n) is 9.64. The average Bonchev–Trinajstić information content (AvgIpc) is 3.50. The Labute approximate surface area is 178 Å². The first-order valence-corrected chi connectivity index (χ1v) is 11.2. The van der Waals surface area contributed by atoms with Gasteiger partial charge in [-0.05, 0) is 67.3 Å². The molecule has 2 aromatic carbocycles. The van der Waals surface area contributed by atoms with Gasteiger partial charge in [0.05, 0.1) is 0 Å². The number of primary amides is 1. The second kappa shape index (κ2) is 7.80. The zero-order chi connectivity index (χ0) is 20.7. The third-order valence-corrected chi connectivity index (χ3v) is 7.33. The van der Waals surface area contributed by atoms with Crippen LogP contribution in [-0.2, 0) is 6.42 Å². The molecule has 5 heteroatoms. The van der Waals surface area contributed by atoms with Crippen LogP contribution in [0.2, 0.25) is 0 Å². The molecule has 2 saturated carbocycles. The Bertz CT molecular complexity index is 884. The molecular formula is C25H31N3O2. The van der Waals surface area contributed by atoms with Gasteiger partial charge in [-0.3, -0.25) is 4.79 Å². The van der Waals surface area contributed by atoms with Crippen molar-refractivity contribution < 1.29 is 10.0 Å². The molecule has 3 fully saturated rings. The molecule has 5 nitrogen and oxygen atoms in total. The molecule has 1 amide bonds. The number of aryl methyl sites for hydroxylation is 1. The number of benzene rings is 2. The number of hydrogen-bond donors (Lipinski definition) is 2. The highest BCUT2D eigenvalue weighted by Crippen LogP contribution is 2.53. The van der Waals surface area contributed by atoms with E-state index >= 15 is 0 Å². The Balaban J connectivity index is 1.01. The quantitative estimate of drug-likeness (QED) is 0.660. The number of nitrogens with zero attached hydrogens (tertiary/aromatic N) is 2. The number of nitrogens with two attached hydrogens (primary N) is 1. The molecule has 1 heterocycles. The standard InChI is InChI=1S/C25H31N3O2/c26-24(29)20-10-8-18(9-11-20)5-4-12-27-16-25(17-27)14-21(15-25)28(30)23-13-22(23)19-6-2-1-3-7-19/h1-3,6-11,21-23,30H,4-5,12-17H2,(H2,26,29). The fourth-order valence-corrected chi connectivity index (χ4v) is 5.59. The SMILES string of the molecule is NC(=O)c1ccc(CCCN2CC3(CC(N(O)C4CC4c4ccccc4)C3)C2)cc1. The molecule has 2 unspecified atom stereocenters. The molecule has 30 heavy (non-hydrogen) atoms. The van der Waals surface area contributed by atoms with Crippen molar-refractivity contribution in [2.24, 2.45) is 11.1 Å². The number of amides is 1. The summed E-state index contributed by atoms with van der Waals surface area (Å²) in [7, 11) is 0. The number of rotatable bonds is 8. The van der Waals surface area contributed by atoms with Crippen LogP contribution in [0, 0.1) is 5.41 Å². The predicted octanol–water partition coefficient (Wildman–Crippen LogP) is 3.43. The first-order chi connectivity index (χ1) is 14.5. The molecule has 158 valence electrons. The summed E-state index contributed by atoms with van der Waals surface area (Å²) in [5.41, 5.74) is 8.93. The van der Waals surface area contributed by atoms with Crippen molar-refractivity contribution in [3.05, 3.63) is 71.3 Å². The number of carbonyl (C=O) groups is 1. The van der Waals surface area contributed by atoms with Crippen LogP contribution >= 0.6 is 0 Å². The van der Waals surface area contributed by atoms with Crippen molar-refractivity contribution in [1.29, 1.82) is 0 Å². The van der Waals surface area contributed by atoms with Crippen molar-refractivity contribution >= 4 is 5.91 Å².